The minimum Gasteiger partial charge on any atom is -0.376 e. The largest absolute Gasteiger partial charge is 0.416 e. The van der Waals surface area contributed by atoms with Gasteiger partial charge in [-0.05, 0) is 36.4 Å². The van der Waals surface area contributed by atoms with Crippen LogP contribution < -0.4 is 10.6 Å². The van der Waals surface area contributed by atoms with Gasteiger partial charge in [0.1, 0.15) is 17.3 Å². The zero-order valence-corrected chi connectivity index (χ0v) is 11.5. The van der Waals surface area contributed by atoms with Gasteiger partial charge in [0.2, 0.25) is 5.91 Å². The number of rotatable bonds is 4. The smallest absolute Gasteiger partial charge is 0.376 e. The number of halogens is 5. The summed E-state index contributed by atoms with van der Waals surface area (Å²) in [6, 6.07) is 7.15. The summed E-state index contributed by atoms with van der Waals surface area (Å²) in [6.45, 7) is -0.362. The first kappa shape index (κ1) is 16.7. The highest BCUT2D eigenvalue weighted by molar-refractivity contribution is 5.93. The maximum absolute atomic E-state index is 13.3. The van der Waals surface area contributed by atoms with Crippen LogP contribution in [0.25, 0.3) is 0 Å². The van der Waals surface area contributed by atoms with Crippen molar-refractivity contribution < 1.29 is 26.7 Å². The molecule has 3 nitrogen and oxygen atoms in total. The van der Waals surface area contributed by atoms with Crippen molar-refractivity contribution in [3.8, 4) is 0 Å². The molecule has 2 aromatic rings. The number of hydrogen-bond donors (Lipinski definition) is 2. The van der Waals surface area contributed by atoms with Gasteiger partial charge in [-0.15, -0.1) is 0 Å². The first-order valence-electron chi connectivity index (χ1n) is 6.42. The van der Waals surface area contributed by atoms with Crippen LogP contribution in [0.1, 0.15) is 5.56 Å². The molecule has 1 amide bonds. The van der Waals surface area contributed by atoms with Crippen molar-refractivity contribution in [3.63, 3.8) is 0 Å². The average molecular weight is 330 g/mol. The van der Waals surface area contributed by atoms with E-state index in [2.05, 4.69) is 10.6 Å². The van der Waals surface area contributed by atoms with Crippen LogP contribution >= 0.6 is 0 Å². The fourth-order valence-electron chi connectivity index (χ4n) is 1.76. The van der Waals surface area contributed by atoms with Gasteiger partial charge in [-0.1, -0.05) is 6.07 Å². The Labute approximate surface area is 128 Å². The van der Waals surface area contributed by atoms with E-state index in [-0.39, 0.29) is 12.2 Å². The SMILES string of the molecule is O=C(CNc1ccc(C(F)(F)F)cc1)Nc1c(F)cccc1F. The highest BCUT2D eigenvalue weighted by Gasteiger charge is 2.29. The molecule has 0 bridgehead atoms. The lowest BCUT2D eigenvalue weighted by Crippen LogP contribution is -2.23. The number of benzene rings is 2. The molecule has 0 aliphatic heterocycles. The Kier molecular flexibility index (Phi) is 4.83. The van der Waals surface area contributed by atoms with Crippen molar-refractivity contribution in [1.29, 1.82) is 0 Å². The molecule has 0 radical (unpaired) electrons. The number of alkyl halides is 3. The second-order valence-corrected chi connectivity index (χ2v) is 4.57. The van der Waals surface area contributed by atoms with Gasteiger partial charge in [0.25, 0.3) is 0 Å². The zero-order valence-electron chi connectivity index (χ0n) is 11.5. The molecule has 0 aliphatic carbocycles. The van der Waals surface area contributed by atoms with Crippen molar-refractivity contribution >= 4 is 17.3 Å². The highest BCUT2D eigenvalue weighted by Crippen LogP contribution is 2.29. The molecule has 8 heteroatoms. The molecule has 0 saturated heterocycles. The minimum atomic E-state index is -4.45. The van der Waals surface area contributed by atoms with E-state index >= 15 is 0 Å². The molecule has 0 spiro atoms. The number of amides is 1. The van der Waals surface area contributed by atoms with E-state index in [1.54, 1.807) is 0 Å². The van der Waals surface area contributed by atoms with Crippen LogP contribution in [-0.2, 0) is 11.0 Å². The topological polar surface area (TPSA) is 41.1 Å². The molecule has 2 N–H and O–H groups in total. The first-order valence-corrected chi connectivity index (χ1v) is 6.42. The molecule has 122 valence electrons. The Balaban J connectivity index is 1.94. The van der Waals surface area contributed by atoms with E-state index in [1.807, 2.05) is 0 Å². The lowest BCUT2D eigenvalue weighted by molar-refractivity contribution is -0.137. The van der Waals surface area contributed by atoms with Gasteiger partial charge in [0, 0.05) is 5.69 Å². The van der Waals surface area contributed by atoms with E-state index in [4.69, 9.17) is 0 Å². The summed E-state index contributed by atoms with van der Waals surface area (Å²) in [6.07, 6.45) is -4.45. The van der Waals surface area contributed by atoms with Crippen LogP contribution in [0, 0.1) is 11.6 Å². The summed E-state index contributed by atoms with van der Waals surface area (Å²) in [7, 11) is 0. The Morgan fingerprint density at radius 3 is 2.04 bits per heavy atom. The van der Waals surface area contributed by atoms with E-state index < -0.39 is 35.0 Å². The van der Waals surface area contributed by atoms with Crippen molar-refractivity contribution in [2.75, 3.05) is 17.2 Å². The maximum Gasteiger partial charge on any atom is 0.416 e. The highest BCUT2D eigenvalue weighted by atomic mass is 19.4. The molecule has 0 fully saturated rings. The summed E-state index contributed by atoms with van der Waals surface area (Å²) in [5, 5.41) is 4.61. The van der Waals surface area contributed by atoms with Crippen LogP contribution in [-0.4, -0.2) is 12.5 Å². The zero-order chi connectivity index (χ0) is 17.0. The van der Waals surface area contributed by atoms with Gasteiger partial charge in [-0.3, -0.25) is 4.79 Å². The summed E-state index contributed by atoms with van der Waals surface area (Å²) in [5.74, 6) is -2.59. The predicted octanol–water partition coefficient (Wildman–Crippen LogP) is 4.03. The van der Waals surface area contributed by atoms with Gasteiger partial charge >= 0.3 is 6.18 Å². The fourth-order valence-corrected chi connectivity index (χ4v) is 1.76. The molecule has 0 heterocycles. The predicted molar refractivity (Wildman–Crippen MR) is 74.9 cm³/mol. The summed E-state index contributed by atoms with van der Waals surface area (Å²) in [5.41, 5.74) is -1.13. The Morgan fingerprint density at radius 1 is 0.957 bits per heavy atom. The van der Waals surface area contributed by atoms with Crippen LogP contribution in [0.4, 0.5) is 33.3 Å². The Bertz CT molecular complexity index is 678. The van der Waals surface area contributed by atoms with Gasteiger partial charge in [0.15, 0.2) is 0 Å². The van der Waals surface area contributed by atoms with E-state index in [0.717, 1.165) is 42.5 Å². The summed E-state index contributed by atoms with van der Waals surface area (Å²) < 4.78 is 63.9. The molecular formula is C15H11F5N2O. The van der Waals surface area contributed by atoms with E-state index in [1.165, 1.54) is 0 Å². The molecule has 0 unspecified atom stereocenters. The molecule has 0 aliphatic rings. The summed E-state index contributed by atoms with van der Waals surface area (Å²) in [4.78, 5) is 11.6. The minimum absolute atomic E-state index is 0.266. The molecule has 0 aromatic heterocycles. The maximum atomic E-state index is 13.3. The third-order valence-electron chi connectivity index (χ3n) is 2.89. The monoisotopic (exact) mass is 330 g/mol. The molecule has 23 heavy (non-hydrogen) atoms. The lowest BCUT2D eigenvalue weighted by Gasteiger charge is -2.10. The first-order chi connectivity index (χ1) is 10.8. The van der Waals surface area contributed by atoms with Gasteiger partial charge in [-0.25, -0.2) is 8.78 Å². The second-order valence-electron chi connectivity index (χ2n) is 4.57. The quantitative estimate of drug-likeness (QED) is 0.831. The van der Waals surface area contributed by atoms with Gasteiger partial charge in [0.05, 0.1) is 12.1 Å². The Morgan fingerprint density at radius 2 is 1.52 bits per heavy atom. The summed E-state index contributed by atoms with van der Waals surface area (Å²) >= 11 is 0. The number of hydrogen-bond acceptors (Lipinski definition) is 2. The van der Waals surface area contributed by atoms with E-state index in [0.29, 0.717) is 0 Å². The number of carbonyl (C=O) groups is 1. The lowest BCUT2D eigenvalue weighted by atomic mass is 10.2. The standard InChI is InChI=1S/C15H11F5N2O/c16-11-2-1-3-12(17)14(11)22-13(23)8-21-10-6-4-9(5-7-10)15(18,19)20/h1-7,21H,8H2,(H,22,23). The third-order valence-corrected chi connectivity index (χ3v) is 2.89. The van der Waals surface area contributed by atoms with Gasteiger partial charge < -0.3 is 10.6 Å². The van der Waals surface area contributed by atoms with Crippen molar-refractivity contribution in [2.45, 2.75) is 6.18 Å². The number of carbonyl (C=O) groups excluding carboxylic acids is 1. The third kappa shape index (κ3) is 4.41. The van der Waals surface area contributed by atoms with Crippen LogP contribution in [0.15, 0.2) is 42.5 Å². The molecule has 0 saturated carbocycles. The second kappa shape index (κ2) is 6.64. The normalized spacial score (nSPS) is 11.2. The Hall–Kier alpha value is -2.64. The number of para-hydroxylation sites is 1. The number of nitrogens with one attached hydrogen (secondary N) is 2. The molecule has 2 aromatic carbocycles. The van der Waals surface area contributed by atoms with Crippen molar-refractivity contribution in [1.82, 2.24) is 0 Å². The van der Waals surface area contributed by atoms with Crippen molar-refractivity contribution in [2.24, 2.45) is 0 Å². The van der Waals surface area contributed by atoms with Crippen LogP contribution in [0.2, 0.25) is 0 Å². The fraction of sp³-hybridized carbons (Fsp3) is 0.133. The van der Waals surface area contributed by atoms with Crippen LogP contribution in [0.3, 0.4) is 0 Å². The molecule has 2 rings (SSSR count). The number of anilines is 2. The van der Waals surface area contributed by atoms with Gasteiger partial charge in [-0.2, -0.15) is 13.2 Å². The van der Waals surface area contributed by atoms with Crippen molar-refractivity contribution in [3.05, 3.63) is 59.7 Å². The van der Waals surface area contributed by atoms with Crippen LogP contribution in [0.5, 0.6) is 0 Å². The average Bonchev–Trinajstić information content (AvgIpc) is 2.48. The molecule has 0 atom stereocenters. The molecular weight excluding hydrogens is 319 g/mol. The van der Waals surface area contributed by atoms with E-state index in [9.17, 15) is 26.7 Å².